The third kappa shape index (κ3) is 4.35. The number of nitrogens with one attached hydrogen (secondary N) is 1. The van der Waals surface area contributed by atoms with Crippen molar-refractivity contribution in [3.63, 3.8) is 0 Å². The van der Waals surface area contributed by atoms with Gasteiger partial charge in [0.25, 0.3) is 0 Å². The number of aromatic nitrogens is 2. The van der Waals surface area contributed by atoms with Gasteiger partial charge in [-0.1, -0.05) is 13.8 Å². The third-order valence-corrected chi connectivity index (χ3v) is 5.98. The number of carbonyl (C=O) groups is 1. The van der Waals surface area contributed by atoms with Crippen LogP contribution in [0.4, 0.5) is 4.79 Å². The van der Waals surface area contributed by atoms with Crippen molar-refractivity contribution in [2.24, 2.45) is 18.4 Å². The Kier molecular flexibility index (Phi) is 5.37. The molecule has 6 nitrogen and oxygen atoms in total. The Hall–Kier alpha value is -1.56. The molecule has 0 spiro atoms. The van der Waals surface area contributed by atoms with Crippen molar-refractivity contribution in [1.29, 1.82) is 0 Å². The highest BCUT2D eigenvalue weighted by atomic mass is 16.3. The Balaban J connectivity index is 1.54. The smallest absolute Gasteiger partial charge is 0.317 e. The summed E-state index contributed by atoms with van der Waals surface area (Å²) in [5.74, 6) is 0.729. The predicted octanol–water partition coefficient (Wildman–Crippen LogP) is 2.84. The maximum Gasteiger partial charge on any atom is 0.317 e. The first-order valence-corrected chi connectivity index (χ1v) is 9.56. The van der Waals surface area contributed by atoms with Gasteiger partial charge in [0.2, 0.25) is 0 Å². The number of hydrogen-bond acceptors (Lipinski definition) is 3. The lowest BCUT2D eigenvalue weighted by Gasteiger charge is -2.38. The van der Waals surface area contributed by atoms with E-state index in [-0.39, 0.29) is 11.9 Å². The van der Waals surface area contributed by atoms with E-state index in [1.165, 1.54) is 12.8 Å². The Labute approximate surface area is 150 Å². The van der Waals surface area contributed by atoms with Crippen LogP contribution in [0, 0.1) is 11.3 Å². The predicted molar refractivity (Wildman–Crippen MR) is 97.0 cm³/mol. The molecule has 1 saturated heterocycles. The topological polar surface area (TPSA) is 70.4 Å². The molecule has 2 aliphatic rings. The van der Waals surface area contributed by atoms with Gasteiger partial charge in [0.15, 0.2) is 0 Å². The first kappa shape index (κ1) is 18.2. The van der Waals surface area contributed by atoms with Crippen LogP contribution in [0.3, 0.4) is 0 Å². The minimum atomic E-state index is -0.619. The number of rotatable bonds is 3. The van der Waals surface area contributed by atoms with Crippen molar-refractivity contribution in [1.82, 2.24) is 19.8 Å². The fourth-order valence-electron chi connectivity index (χ4n) is 4.13. The normalized spacial score (nSPS) is 25.6. The van der Waals surface area contributed by atoms with Gasteiger partial charge >= 0.3 is 6.03 Å². The maximum absolute atomic E-state index is 12.7. The maximum atomic E-state index is 12.7. The van der Waals surface area contributed by atoms with E-state index < -0.39 is 6.10 Å². The molecule has 1 aliphatic carbocycles. The summed E-state index contributed by atoms with van der Waals surface area (Å²) in [7, 11) is 1.89. The molecule has 0 radical (unpaired) electrons. The number of amides is 2. The minimum Gasteiger partial charge on any atom is -0.385 e. The number of piperidine rings is 1. The fourth-order valence-corrected chi connectivity index (χ4v) is 4.13. The summed E-state index contributed by atoms with van der Waals surface area (Å²) >= 11 is 0. The average molecular weight is 348 g/mol. The van der Waals surface area contributed by atoms with E-state index >= 15 is 0 Å². The Morgan fingerprint density at radius 2 is 2.08 bits per heavy atom. The van der Waals surface area contributed by atoms with Crippen LogP contribution in [0.1, 0.15) is 64.3 Å². The number of imidazole rings is 1. The lowest BCUT2D eigenvalue weighted by Crippen LogP contribution is -2.50. The molecule has 2 heterocycles. The molecule has 6 heteroatoms. The van der Waals surface area contributed by atoms with Gasteiger partial charge in [-0.05, 0) is 43.9 Å². The molecule has 1 aromatic rings. The number of aliphatic hydroxyl groups is 1. The van der Waals surface area contributed by atoms with E-state index in [1.54, 1.807) is 6.20 Å². The first-order chi connectivity index (χ1) is 11.9. The van der Waals surface area contributed by atoms with E-state index in [1.807, 2.05) is 22.7 Å². The standard InChI is InChI=1S/C19H32N4O2/c1-19(2)8-6-15(7-9-19)21-18(25)23-11-4-5-14(13-23)16(24)17-20-10-12-22(17)3/h10,12,14-16,24H,4-9,11,13H2,1-3H3,(H,21,25). The monoisotopic (exact) mass is 348 g/mol. The molecular formula is C19H32N4O2. The second kappa shape index (κ2) is 7.36. The van der Waals surface area contributed by atoms with Crippen LogP contribution in [0.2, 0.25) is 0 Å². The van der Waals surface area contributed by atoms with Gasteiger partial charge < -0.3 is 19.9 Å². The summed E-state index contributed by atoms with van der Waals surface area (Å²) in [6.07, 6.45) is 9.24. The highest BCUT2D eigenvalue weighted by Gasteiger charge is 2.33. The molecule has 0 bridgehead atoms. The quantitative estimate of drug-likeness (QED) is 0.882. The molecular weight excluding hydrogens is 316 g/mol. The van der Waals surface area contributed by atoms with Crippen LogP contribution in [0.15, 0.2) is 12.4 Å². The zero-order valence-corrected chi connectivity index (χ0v) is 15.7. The highest BCUT2D eigenvalue weighted by Crippen LogP contribution is 2.35. The molecule has 2 amide bonds. The molecule has 1 saturated carbocycles. The van der Waals surface area contributed by atoms with Crippen molar-refractivity contribution >= 4 is 6.03 Å². The van der Waals surface area contributed by atoms with Gasteiger partial charge in [0.05, 0.1) is 0 Å². The summed E-state index contributed by atoms with van der Waals surface area (Å²) < 4.78 is 1.85. The molecule has 2 N–H and O–H groups in total. The molecule has 2 atom stereocenters. The number of nitrogens with zero attached hydrogens (tertiary/aromatic N) is 3. The van der Waals surface area contributed by atoms with Crippen LogP contribution >= 0.6 is 0 Å². The summed E-state index contributed by atoms with van der Waals surface area (Å²) in [4.78, 5) is 18.8. The number of hydrogen-bond donors (Lipinski definition) is 2. The largest absolute Gasteiger partial charge is 0.385 e. The number of urea groups is 1. The van der Waals surface area contributed by atoms with Crippen molar-refractivity contribution in [2.75, 3.05) is 13.1 Å². The van der Waals surface area contributed by atoms with Crippen molar-refractivity contribution in [3.8, 4) is 0 Å². The van der Waals surface area contributed by atoms with Crippen LogP contribution in [-0.2, 0) is 7.05 Å². The molecule has 3 rings (SSSR count). The number of likely N-dealkylation sites (tertiary alicyclic amines) is 1. The van der Waals surface area contributed by atoms with Crippen LogP contribution < -0.4 is 5.32 Å². The van der Waals surface area contributed by atoms with Gasteiger partial charge in [-0.15, -0.1) is 0 Å². The Bertz CT molecular complexity index is 588. The van der Waals surface area contributed by atoms with Crippen LogP contribution in [-0.4, -0.2) is 44.7 Å². The summed E-state index contributed by atoms with van der Waals surface area (Å²) in [5, 5.41) is 13.9. The van der Waals surface area contributed by atoms with Gasteiger partial charge in [-0.3, -0.25) is 0 Å². The third-order valence-electron chi connectivity index (χ3n) is 5.98. The van der Waals surface area contributed by atoms with Gasteiger partial charge in [0.1, 0.15) is 11.9 Å². The van der Waals surface area contributed by atoms with E-state index in [2.05, 4.69) is 24.1 Å². The first-order valence-electron chi connectivity index (χ1n) is 9.56. The summed E-state index contributed by atoms with van der Waals surface area (Å²) in [6.45, 7) is 5.98. The van der Waals surface area contributed by atoms with Crippen LogP contribution in [0.25, 0.3) is 0 Å². The Morgan fingerprint density at radius 1 is 1.36 bits per heavy atom. The molecule has 0 aromatic carbocycles. The summed E-state index contributed by atoms with van der Waals surface area (Å²) in [5.41, 5.74) is 0.406. The van der Waals surface area contributed by atoms with Crippen molar-refractivity contribution in [3.05, 3.63) is 18.2 Å². The van der Waals surface area contributed by atoms with Crippen LogP contribution in [0.5, 0.6) is 0 Å². The number of aryl methyl sites for hydroxylation is 1. The Morgan fingerprint density at radius 3 is 2.72 bits per heavy atom. The van der Waals surface area contributed by atoms with Gasteiger partial charge in [-0.2, -0.15) is 0 Å². The lowest BCUT2D eigenvalue weighted by atomic mass is 9.75. The van der Waals surface area contributed by atoms with Crippen molar-refractivity contribution in [2.45, 2.75) is 64.5 Å². The van der Waals surface area contributed by atoms with Crippen molar-refractivity contribution < 1.29 is 9.90 Å². The molecule has 2 unspecified atom stereocenters. The molecule has 2 fully saturated rings. The molecule has 1 aromatic heterocycles. The highest BCUT2D eigenvalue weighted by molar-refractivity contribution is 5.74. The zero-order chi connectivity index (χ0) is 18.0. The minimum absolute atomic E-state index is 0.0291. The number of aliphatic hydroxyl groups excluding tert-OH is 1. The fraction of sp³-hybridized carbons (Fsp3) is 0.789. The lowest BCUT2D eigenvalue weighted by molar-refractivity contribution is 0.0522. The van der Waals surface area contributed by atoms with E-state index in [0.29, 0.717) is 23.8 Å². The molecule has 1 aliphatic heterocycles. The second-order valence-electron chi connectivity index (χ2n) is 8.58. The zero-order valence-electron chi connectivity index (χ0n) is 15.7. The average Bonchev–Trinajstić information content (AvgIpc) is 3.02. The van der Waals surface area contributed by atoms with E-state index in [0.717, 1.165) is 32.2 Å². The second-order valence-corrected chi connectivity index (χ2v) is 8.58. The molecule has 140 valence electrons. The van der Waals surface area contributed by atoms with E-state index in [4.69, 9.17) is 0 Å². The number of carbonyl (C=O) groups excluding carboxylic acids is 1. The van der Waals surface area contributed by atoms with E-state index in [9.17, 15) is 9.90 Å². The summed E-state index contributed by atoms with van der Waals surface area (Å²) in [6, 6.07) is 0.321. The van der Waals surface area contributed by atoms with Gasteiger partial charge in [0, 0.05) is 44.5 Å². The van der Waals surface area contributed by atoms with Gasteiger partial charge in [-0.25, -0.2) is 9.78 Å². The SMILES string of the molecule is Cn1ccnc1C(O)C1CCCN(C(=O)NC2CCC(C)(C)CC2)C1. The molecule has 25 heavy (non-hydrogen) atoms.